The second-order valence-electron chi connectivity index (χ2n) is 6.39. The van der Waals surface area contributed by atoms with Crippen LogP contribution in [0, 0.1) is 20.8 Å². The van der Waals surface area contributed by atoms with Crippen LogP contribution in [0.2, 0.25) is 0 Å². The molecule has 0 spiro atoms. The maximum Gasteiger partial charge on any atom is 0.162 e. The normalized spacial score (nSPS) is 12.1. The maximum absolute atomic E-state index is 4.96. The standard InChI is InChI=1S/C20H17N3/c1-12-8-9-18-16(10-12)21-20-19-14(3)15-6-4-5-7-17(15)22(19)11-13(2)23(18)20/h4-11H,1-3H3. The van der Waals surface area contributed by atoms with Crippen LogP contribution in [0.25, 0.3) is 33.1 Å². The van der Waals surface area contributed by atoms with Crippen LogP contribution < -0.4 is 0 Å². The fourth-order valence-corrected chi connectivity index (χ4v) is 3.79. The fraction of sp³-hybridized carbons (Fsp3) is 0.150. The van der Waals surface area contributed by atoms with Gasteiger partial charge in [-0.05, 0) is 50.1 Å². The molecule has 112 valence electrons. The van der Waals surface area contributed by atoms with Crippen molar-refractivity contribution >= 4 is 33.1 Å². The summed E-state index contributed by atoms with van der Waals surface area (Å²) < 4.78 is 4.56. The van der Waals surface area contributed by atoms with Gasteiger partial charge in [-0.15, -0.1) is 0 Å². The molecule has 3 nitrogen and oxygen atoms in total. The summed E-state index contributed by atoms with van der Waals surface area (Å²) in [7, 11) is 0. The molecule has 5 rings (SSSR count). The lowest BCUT2D eigenvalue weighted by Crippen LogP contribution is -1.97. The van der Waals surface area contributed by atoms with Crippen molar-refractivity contribution in [1.82, 2.24) is 13.8 Å². The number of imidazole rings is 1. The Morgan fingerprint density at radius 1 is 0.913 bits per heavy atom. The molecule has 5 aromatic rings. The number of para-hydroxylation sites is 1. The Balaban J connectivity index is 2.13. The van der Waals surface area contributed by atoms with E-state index in [9.17, 15) is 0 Å². The summed E-state index contributed by atoms with van der Waals surface area (Å²) in [6.07, 6.45) is 2.22. The van der Waals surface area contributed by atoms with E-state index in [-0.39, 0.29) is 0 Å². The van der Waals surface area contributed by atoms with E-state index in [1.54, 1.807) is 0 Å². The van der Waals surface area contributed by atoms with Crippen molar-refractivity contribution in [1.29, 1.82) is 0 Å². The van der Waals surface area contributed by atoms with Crippen molar-refractivity contribution in [3.05, 3.63) is 65.5 Å². The molecule has 0 aliphatic carbocycles. The lowest BCUT2D eigenvalue weighted by atomic mass is 10.2. The second-order valence-corrected chi connectivity index (χ2v) is 6.39. The Labute approximate surface area is 133 Å². The zero-order valence-corrected chi connectivity index (χ0v) is 13.5. The predicted octanol–water partition coefficient (Wildman–Crippen LogP) is 4.82. The Morgan fingerprint density at radius 3 is 2.61 bits per heavy atom. The van der Waals surface area contributed by atoms with E-state index < -0.39 is 0 Å². The number of hydrogen-bond donors (Lipinski definition) is 0. The Hall–Kier alpha value is -2.81. The van der Waals surface area contributed by atoms with Crippen molar-refractivity contribution < 1.29 is 0 Å². The number of benzene rings is 2. The van der Waals surface area contributed by atoms with E-state index in [1.807, 2.05) is 0 Å². The molecule has 2 aromatic carbocycles. The van der Waals surface area contributed by atoms with Gasteiger partial charge < -0.3 is 4.40 Å². The minimum atomic E-state index is 1.04. The first-order chi connectivity index (χ1) is 11.1. The van der Waals surface area contributed by atoms with Crippen LogP contribution in [-0.2, 0) is 0 Å². The highest BCUT2D eigenvalue weighted by Gasteiger charge is 2.16. The summed E-state index contributed by atoms with van der Waals surface area (Å²) in [6, 6.07) is 15.1. The van der Waals surface area contributed by atoms with Gasteiger partial charge in [-0.25, -0.2) is 4.98 Å². The number of aryl methyl sites for hydroxylation is 3. The minimum absolute atomic E-state index is 1.04. The van der Waals surface area contributed by atoms with E-state index in [4.69, 9.17) is 4.98 Å². The van der Waals surface area contributed by atoms with Crippen LogP contribution in [0.15, 0.2) is 48.7 Å². The van der Waals surface area contributed by atoms with Gasteiger partial charge in [0.1, 0.15) is 0 Å². The first-order valence-corrected chi connectivity index (χ1v) is 7.93. The molecule has 0 saturated heterocycles. The SMILES string of the molecule is Cc1ccc2c(c1)nc1c3c(C)c4ccccc4n3cc(C)n21. The van der Waals surface area contributed by atoms with Gasteiger partial charge in [0, 0.05) is 17.3 Å². The smallest absolute Gasteiger partial charge is 0.162 e. The lowest BCUT2D eigenvalue weighted by molar-refractivity contribution is 1.06. The molecule has 0 radical (unpaired) electrons. The molecule has 0 unspecified atom stereocenters. The fourth-order valence-electron chi connectivity index (χ4n) is 3.79. The highest BCUT2D eigenvalue weighted by atomic mass is 15.1. The summed E-state index contributed by atoms with van der Waals surface area (Å²) in [6.45, 7) is 6.46. The number of fused-ring (bicyclic) bond motifs is 7. The van der Waals surface area contributed by atoms with Crippen molar-refractivity contribution in [3.63, 3.8) is 0 Å². The monoisotopic (exact) mass is 299 g/mol. The molecule has 0 atom stereocenters. The van der Waals surface area contributed by atoms with Crippen molar-refractivity contribution in [3.8, 4) is 0 Å². The van der Waals surface area contributed by atoms with E-state index in [0.717, 1.165) is 11.2 Å². The predicted molar refractivity (Wildman–Crippen MR) is 95.4 cm³/mol. The number of rotatable bonds is 0. The molecule has 23 heavy (non-hydrogen) atoms. The third-order valence-electron chi connectivity index (χ3n) is 4.85. The van der Waals surface area contributed by atoms with Crippen LogP contribution in [0.5, 0.6) is 0 Å². The number of nitrogens with zero attached hydrogens (tertiary/aromatic N) is 3. The zero-order chi connectivity index (χ0) is 15.7. The van der Waals surface area contributed by atoms with Gasteiger partial charge in [-0.3, -0.25) is 4.40 Å². The first kappa shape index (κ1) is 12.7. The van der Waals surface area contributed by atoms with Crippen LogP contribution in [0.3, 0.4) is 0 Å². The quantitative estimate of drug-likeness (QED) is 0.402. The van der Waals surface area contributed by atoms with Gasteiger partial charge in [-0.1, -0.05) is 24.3 Å². The van der Waals surface area contributed by atoms with Crippen molar-refractivity contribution in [2.24, 2.45) is 0 Å². The summed E-state index contributed by atoms with van der Waals surface area (Å²) >= 11 is 0. The van der Waals surface area contributed by atoms with Gasteiger partial charge in [0.2, 0.25) is 0 Å². The second kappa shape index (κ2) is 4.13. The molecule has 0 amide bonds. The Bertz CT molecular complexity index is 1240. The molecule has 3 heterocycles. The van der Waals surface area contributed by atoms with E-state index in [1.165, 1.54) is 38.8 Å². The molecule has 3 aromatic heterocycles. The number of aromatic nitrogens is 3. The van der Waals surface area contributed by atoms with Crippen LogP contribution in [-0.4, -0.2) is 13.8 Å². The molecule has 0 aliphatic heterocycles. The first-order valence-electron chi connectivity index (χ1n) is 7.93. The maximum atomic E-state index is 4.96. The third kappa shape index (κ3) is 1.51. The van der Waals surface area contributed by atoms with E-state index in [0.29, 0.717) is 0 Å². The van der Waals surface area contributed by atoms with Crippen LogP contribution in [0.1, 0.15) is 16.8 Å². The van der Waals surface area contributed by atoms with Crippen LogP contribution in [0.4, 0.5) is 0 Å². The third-order valence-corrected chi connectivity index (χ3v) is 4.85. The highest BCUT2D eigenvalue weighted by molar-refractivity contribution is 5.99. The molecular formula is C20H17N3. The summed E-state index contributed by atoms with van der Waals surface area (Å²) in [5.74, 6) is 0. The van der Waals surface area contributed by atoms with E-state index >= 15 is 0 Å². The summed E-state index contributed by atoms with van der Waals surface area (Å²) in [5, 5.41) is 1.29. The Morgan fingerprint density at radius 2 is 1.74 bits per heavy atom. The van der Waals surface area contributed by atoms with E-state index in [2.05, 4.69) is 78.2 Å². The van der Waals surface area contributed by atoms with Crippen molar-refractivity contribution in [2.75, 3.05) is 0 Å². The molecule has 0 saturated carbocycles. The molecular weight excluding hydrogens is 282 g/mol. The molecule has 0 N–H and O–H groups in total. The van der Waals surface area contributed by atoms with Gasteiger partial charge in [0.05, 0.1) is 22.1 Å². The topological polar surface area (TPSA) is 21.7 Å². The largest absolute Gasteiger partial charge is 0.311 e. The molecule has 0 bridgehead atoms. The summed E-state index contributed by atoms with van der Waals surface area (Å²) in [5.41, 5.74) is 9.45. The van der Waals surface area contributed by atoms with Gasteiger partial charge in [0.25, 0.3) is 0 Å². The van der Waals surface area contributed by atoms with Gasteiger partial charge in [-0.2, -0.15) is 0 Å². The Kier molecular flexibility index (Phi) is 2.28. The van der Waals surface area contributed by atoms with Crippen LogP contribution >= 0.6 is 0 Å². The zero-order valence-electron chi connectivity index (χ0n) is 13.5. The summed E-state index contributed by atoms with van der Waals surface area (Å²) in [4.78, 5) is 4.96. The van der Waals surface area contributed by atoms with Gasteiger partial charge >= 0.3 is 0 Å². The molecule has 3 heteroatoms. The minimum Gasteiger partial charge on any atom is -0.311 e. The lowest BCUT2D eigenvalue weighted by Gasteiger charge is -2.06. The number of hydrogen-bond acceptors (Lipinski definition) is 1. The van der Waals surface area contributed by atoms with Crippen molar-refractivity contribution in [2.45, 2.75) is 20.8 Å². The van der Waals surface area contributed by atoms with Gasteiger partial charge in [0.15, 0.2) is 5.65 Å². The molecule has 0 aliphatic rings. The average Bonchev–Trinajstić information content (AvgIpc) is 3.04. The average molecular weight is 299 g/mol. The highest BCUT2D eigenvalue weighted by Crippen LogP contribution is 2.31. The molecule has 0 fully saturated rings.